The smallest absolute Gasteiger partial charge is 0.336 e. The van der Waals surface area contributed by atoms with Gasteiger partial charge in [0.05, 0.1) is 6.07 Å². The molecule has 0 aliphatic carbocycles. The quantitative estimate of drug-likeness (QED) is 0.933. The first-order valence-corrected chi connectivity index (χ1v) is 6.57. The first-order valence-electron chi connectivity index (χ1n) is 6.57. The molecule has 0 radical (unpaired) electrons. The highest BCUT2D eigenvalue weighted by Crippen LogP contribution is 2.29. The number of carbonyl (C=O) groups excluding carboxylic acids is 1. The van der Waals surface area contributed by atoms with E-state index in [1.807, 2.05) is 6.07 Å². The molecule has 9 heteroatoms. The number of hydrogen-bond acceptors (Lipinski definition) is 5. The van der Waals surface area contributed by atoms with E-state index in [1.165, 1.54) is 24.3 Å². The number of halogens is 3. The van der Waals surface area contributed by atoms with Gasteiger partial charge in [-0.1, -0.05) is 24.2 Å². The Morgan fingerprint density at radius 2 is 2.04 bits per heavy atom. The minimum Gasteiger partial charge on any atom is -0.336 e. The first-order chi connectivity index (χ1) is 10.8. The zero-order valence-electron chi connectivity index (χ0n) is 11.9. The van der Waals surface area contributed by atoms with E-state index in [9.17, 15) is 18.0 Å². The van der Waals surface area contributed by atoms with Gasteiger partial charge in [0, 0.05) is 11.1 Å². The van der Waals surface area contributed by atoms with Crippen molar-refractivity contribution in [2.24, 2.45) is 0 Å². The number of carbonyl (C=O) groups is 1. The van der Waals surface area contributed by atoms with Gasteiger partial charge in [0.15, 0.2) is 0 Å². The fourth-order valence-corrected chi connectivity index (χ4v) is 1.69. The Kier molecular flexibility index (Phi) is 4.64. The Morgan fingerprint density at radius 3 is 2.52 bits per heavy atom. The highest BCUT2D eigenvalue weighted by atomic mass is 19.4. The van der Waals surface area contributed by atoms with Crippen LogP contribution in [0.2, 0.25) is 0 Å². The van der Waals surface area contributed by atoms with Gasteiger partial charge in [0.25, 0.3) is 5.91 Å². The van der Waals surface area contributed by atoms with E-state index in [0.717, 1.165) is 0 Å². The lowest BCUT2D eigenvalue weighted by molar-refractivity contribution is -0.159. The molecule has 2 rings (SSSR count). The second-order valence-electron chi connectivity index (χ2n) is 4.56. The van der Waals surface area contributed by atoms with Crippen molar-refractivity contribution in [2.45, 2.75) is 25.6 Å². The number of amides is 1. The van der Waals surface area contributed by atoms with Gasteiger partial charge in [-0.3, -0.25) is 4.79 Å². The van der Waals surface area contributed by atoms with E-state index >= 15 is 0 Å². The van der Waals surface area contributed by atoms with Gasteiger partial charge in [-0.2, -0.15) is 23.4 Å². The molecule has 6 nitrogen and oxygen atoms in total. The van der Waals surface area contributed by atoms with Gasteiger partial charge in [-0.15, -0.1) is 0 Å². The van der Waals surface area contributed by atoms with E-state index in [4.69, 9.17) is 5.26 Å². The van der Waals surface area contributed by atoms with Gasteiger partial charge in [-0.05, 0) is 18.6 Å². The van der Waals surface area contributed by atoms with Crippen LogP contribution in [-0.2, 0) is 6.18 Å². The van der Waals surface area contributed by atoms with E-state index in [1.54, 1.807) is 6.92 Å². The van der Waals surface area contributed by atoms with Crippen molar-refractivity contribution in [3.63, 3.8) is 0 Å². The van der Waals surface area contributed by atoms with Crippen molar-refractivity contribution in [2.75, 3.05) is 0 Å². The predicted molar refractivity (Wildman–Crippen MR) is 71.9 cm³/mol. The van der Waals surface area contributed by atoms with Gasteiger partial charge < -0.3 is 9.84 Å². The van der Waals surface area contributed by atoms with Crippen LogP contribution in [0.15, 0.2) is 28.8 Å². The van der Waals surface area contributed by atoms with Crippen LogP contribution in [-0.4, -0.2) is 22.1 Å². The normalized spacial score (nSPS) is 12.5. The Bertz CT molecular complexity index is 732. The number of rotatable bonds is 4. The molecular weight excluding hydrogens is 313 g/mol. The third kappa shape index (κ3) is 3.85. The number of aromatic nitrogens is 2. The van der Waals surface area contributed by atoms with Crippen LogP contribution >= 0.6 is 0 Å². The molecule has 1 aromatic heterocycles. The number of alkyl halides is 3. The van der Waals surface area contributed by atoms with Crippen molar-refractivity contribution in [1.29, 1.82) is 5.26 Å². The van der Waals surface area contributed by atoms with Crippen LogP contribution < -0.4 is 5.32 Å². The predicted octanol–water partition coefficient (Wildman–Crippen LogP) is 2.79. The van der Waals surface area contributed by atoms with Crippen LogP contribution in [0.5, 0.6) is 0 Å². The van der Waals surface area contributed by atoms with Crippen molar-refractivity contribution in [1.82, 2.24) is 15.5 Å². The molecular formula is C14H11F3N4O2. The second kappa shape index (κ2) is 6.48. The molecule has 0 spiro atoms. The number of nitrogens with one attached hydrogen (secondary N) is 1. The van der Waals surface area contributed by atoms with E-state index in [-0.39, 0.29) is 17.0 Å². The van der Waals surface area contributed by atoms with E-state index in [0.29, 0.717) is 6.42 Å². The summed E-state index contributed by atoms with van der Waals surface area (Å²) in [5, 5.41) is 14.6. The molecule has 1 unspecified atom stereocenters. The standard InChI is InChI=1S/C14H11F3N4O2/c1-2-10(7-18)19-12(22)9-5-3-8(4-6-9)11-20-13(23-21-11)14(15,16)17/h3-6,10H,2H2,1H3,(H,19,22). The van der Waals surface area contributed by atoms with Gasteiger partial charge in [0.1, 0.15) is 6.04 Å². The fourth-order valence-electron chi connectivity index (χ4n) is 1.69. The number of nitriles is 1. The van der Waals surface area contributed by atoms with Crippen LogP contribution in [0.4, 0.5) is 13.2 Å². The second-order valence-corrected chi connectivity index (χ2v) is 4.56. The topological polar surface area (TPSA) is 91.8 Å². The number of hydrogen-bond donors (Lipinski definition) is 1. The molecule has 0 aliphatic heterocycles. The van der Waals surface area contributed by atoms with Crippen molar-refractivity contribution < 1.29 is 22.5 Å². The summed E-state index contributed by atoms with van der Waals surface area (Å²) in [4.78, 5) is 15.2. The van der Waals surface area contributed by atoms with E-state index < -0.39 is 24.0 Å². The molecule has 23 heavy (non-hydrogen) atoms. The maximum atomic E-state index is 12.4. The van der Waals surface area contributed by atoms with Crippen LogP contribution in [0.25, 0.3) is 11.4 Å². The van der Waals surface area contributed by atoms with Crippen molar-refractivity contribution in [3.05, 3.63) is 35.7 Å². The Labute approximate surface area is 128 Å². The molecule has 1 atom stereocenters. The summed E-state index contributed by atoms with van der Waals surface area (Å²) in [6, 6.07) is 6.93. The lowest BCUT2D eigenvalue weighted by Gasteiger charge is -2.09. The lowest BCUT2D eigenvalue weighted by Crippen LogP contribution is -2.33. The molecule has 1 heterocycles. The number of nitrogens with zero attached hydrogens (tertiary/aromatic N) is 3. The van der Waals surface area contributed by atoms with Crippen molar-refractivity contribution >= 4 is 5.91 Å². The van der Waals surface area contributed by atoms with Crippen LogP contribution in [0.1, 0.15) is 29.6 Å². The molecule has 1 N–H and O–H groups in total. The maximum Gasteiger partial charge on any atom is 0.471 e. The molecule has 0 fully saturated rings. The Morgan fingerprint density at radius 1 is 1.39 bits per heavy atom. The van der Waals surface area contributed by atoms with E-state index in [2.05, 4.69) is 20.0 Å². The van der Waals surface area contributed by atoms with Crippen LogP contribution in [0.3, 0.4) is 0 Å². The largest absolute Gasteiger partial charge is 0.471 e. The summed E-state index contributed by atoms with van der Waals surface area (Å²) >= 11 is 0. The monoisotopic (exact) mass is 324 g/mol. The first kappa shape index (κ1) is 16.5. The number of benzene rings is 1. The minimum absolute atomic E-state index is 0.229. The summed E-state index contributed by atoms with van der Waals surface area (Å²) in [5.74, 6) is -2.11. The zero-order chi connectivity index (χ0) is 17.0. The molecule has 120 valence electrons. The fraction of sp³-hybridized carbons (Fsp3) is 0.286. The highest BCUT2D eigenvalue weighted by molar-refractivity contribution is 5.94. The molecule has 0 aliphatic rings. The molecule has 1 amide bonds. The van der Waals surface area contributed by atoms with Crippen molar-refractivity contribution in [3.8, 4) is 17.5 Å². The Balaban J connectivity index is 2.15. The molecule has 0 saturated heterocycles. The summed E-state index contributed by atoms with van der Waals surface area (Å²) in [5.41, 5.74) is 0.537. The average molecular weight is 324 g/mol. The average Bonchev–Trinajstić information content (AvgIpc) is 3.02. The highest BCUT2D eigenvalue weighted by Gasteiger charge is 2.38. The zero-order valence-corrected chi connectivity index (χ0v) is 11.9. The summed E-state index contributed by atoms with van der Waals surface area (Å²) in [7, 11) is 0. The third-order valence-corrected chi connectivity index (χ3v) is 2.94. The molecule has 0 saturated carbocycles. The maximum absolute atomic E-state index is 12.4. The Hall–Kier alpha value is -2.89. The summed E-state index contributed by atoms with van der Waals surface area (Å²) < 4.78 is 41.3. The molecule has 0 bridgehead atoms. The summed E-state index contributed by atoms with van der Waals surface area (Å²) in [6.07, 6.45) is -4.25. The molecule has 2 aromatic rings. The van der Waals surface area contributed by atoms with Gasteiger partial charge in [-0.25, -0.2) is 0 Å². The van der Waals surface area contributed by atoms with Gasteiger partial charge in [0.2, 0.25) is 5.82 Å². The van der Waals surface area contributed by atoms with Crippen LogP contribution in [0, 0.1) is 11.3 Å². The summed E-state index contributed by atoms with van der Waals surface area (Å²) in [6.45, 7) is 1.76. The van der Waals surface area contributed by atoms with Gasteiger partial charge >= 0.3 is 12.1 Å². The minimum atomic E-state index is -4.71. The lowest BCUT2D eigenvalue weighted by atomic mass is 10.1. The SMILES string of the molecule is CCC(C#N)NC(=O)c1ccc(-c2noc(C(F)(F)F)n2)cc1. The third-order valence-electron chi connectivity index (χ3n) is 2.94. The molecule has 1 aromatic carbocycles.